The van der Waals surface area contributed by atoms with Crippen LogP contribution in [-0.4, -0.2) is 14.9 Å². The maximum Gasteiger partial charge on any atom is 0.315 e. The third-order valence-electron chi connectivity index (χ3n) is 3.23. The Balaban J connectivity index is 1.75. The largest absolute Gasteiger partial charge is 0.334 e. The van der Waals surface area contributed by atoms with E-state index >= 15 is 0 Å². The van der Waals surface area contributed by atoms with Crippen LogP contribution < -0.4 is 16.7 Å². The van der Waals surface area contributed by atoms with Crippen LogP contribution in [-0.2, 0) is 5.75 Å². The van der Waals surface area contributed by atoms with Crippen LogP contribution in [0.25, 0.3) is 0 Å². The molecule has 6 nitrogen and oxygen atoms in total. The molecule has 3 N–H and O–H groups in total. The number of hydrogen-bond donors (Lipinski definition) is 2. The molecule has 128 valence electrons. The number of rotatable bonds is 5. The SMILES string of the molecule is Nn1c(SCc2ccc(Cl)cc2)nnc(Nc2cccc(Cl)c2)c1=O. The molecule has 0 unspecified atom stereocenters. The second-order valence-corrected chi connectivity index (χ2v) is 6.87. The van der Waals surface area contributed by atoms with Gasteiger partial charge in [-0.25, -0.2) is 0 Å². The van der Waals surface area contributed by atoms with Crippen molar-refractivity contribution in [1.82, 2.24) is 14.9 Å². The zero-order chi connectivity index (χ0) is 17.8. The first-order valence-corrected chi connectivity index (χ1v) is 8.92. The average Bonchev–Trinajstić information content (AvgIpc) is 2.60. The molecule has 1 aromatic heterocycles. The van der Waals surface area contributed by atoms with Crippen LogP contribution >= 0.6 is 35.0 Å². The third-order valence-corrected chi connectivity index (χ3v) is 4.73. The summed E-state index contributed by atoms with van der Waals surface area (Å²) in [5, 5.41) is 12.3. The summed E-state index contributed by atoms with van der Waals surface area (Å²) in [7, 11) is 0. The standard InChI is InChI=1S/C16H13Cl2N5OS/c17-11-6-4-10(5-7-11)9-25-16-22-21-14(15(24)23(16)19)20-13-3-1-2-12(18)8-13/h1-8H,9,19H2,(H,20,21). The Hall–Kier alpha value is -2.22. The number of aromatic nitrogens is 3. The van der Waals surface area contributed by atoms with Gasteiger partial charge in [-0.05, 0) is 35.9 Å². The van der Waals surface area contributed by atoms with E-state index in [9.17, 15) is 4.79 Å². The highest BCUT2D eigenvalue weighted by molar-refractivity contribution is 7.98. The molecule has 25 heavy (non-hydrogen) atoms. The molecule has 0 bridgehead atoms. The number of thioether (sulfide) groups is 1. The predicted octanol–water partition coefficient (Wildman–Crippen LogP) is 3.69. The van der Waals surface area contributed by atoms with Crippen LogP contribution in [0.3, 0.4) is 0 Å². The van der Waals surface area contributed by atoms with Crippen molar-refractivity contribution < 1.29 is 0 Å². The molecule has 9 heteroatoms. The zero-order valence-corrected chi connectivity index (χ0v) is 15.1. The molecule has 0 aliphatic carbocycles. The Morgan fingerprint density at radius 2 is 1.84 bits per heavy atom. The van der Waals surface area contributed by atoms with Crippen LogP contribution in [0.4, 0.5) is 11.5 Å². The Kier molecular flexibility index (Phi) is 5.47. The van der Waals surface area contributed by atoms with Gasteiger partial charge in [-0.3, -0.25) is 4.79 Å². The molecule has 0 saturated carbocycles. The first-order valence-electron chi connectivity index (χ1n) is 7.17. The summed E-state index contributed by atoms with van der Waals surface area (Å²) in [6, 6.07) is 14.3. The summed E-state index contributed by atoms with van der Waals surface area (Å²) in [5.74, 6) is 6.46. The van der Waals surface area contributed by atoms with E-state index in [0.717, 1.165) is 10.2 Å². The van der Waals surface area contributed by atoms with Crippen LogP contribution in [0.1, 0.15) is 5.56 Å². The van der Waals surface area contributed by atoms with Crippen molar-refractivity contribution in [2.45, 2.75) is 10.9 Å². The maximum absolute atomic E-state index is 12.3. The van der Waals surface area contributed by atoms with Gasteiger partial charge in [0.1, 0.15) is 0 Å². The predicted molar refractivity (Wildman–Crippen MR) is 102 cm³/mol. The average molecular weight is 394 g/mol. The number of benzene rings is 2. The molecule has 0 amide bonds. The first-order chi connectivity index (χ1) is 12.0. The van der Waals surface area contributed by atoms with E-state index in [1.54, 1.807) is 36.4 Å². The molecule has 0 fully saturated rings. The summed E-state index contributed by atoms with van der Waals surface area (Å²) in [4.78, 5) is 12.3. The van der Waals surface area contributed by atoms with Gasteiger partial charge < -0.3 is 11.2 Å². The zero-order valence-electron chi connectivity index (χ0n) is 12.8. The Bertz CT molecular complexity index is 946. The van der Waals surface area contributed by atoms with Gasteiger partial charge in [-0.2, -0.15) is 4.68 Å². The van der Waals surface area contributed by atoms with E-state index < -0.39 is 5.56 Å². The van der Waals surface area contributed by atoms with Gasteiger partial charge in [-0.1, -0.05) is 53.2 Å². The lowest BCUT2D eigenvalue weighted by atomic mass is 10.2. The Morgan fingerprint density at radius 3 is 2.56 bits per heavy atom. The van der Waals surface area contributed by atoms with Crippen LogP contribution in [0.5, 0.6) is 0 Å². The molecular weight excluding hydrogens is 381 g/mol. The molecule has 0 aliphatic heterocycles. The lowest BCUT2D eigenvalue weighted by Gasteiger charge is -2.09. The summed E-state index contributed by atoms with van der Waals surface area (Å²) < 4.78 is 0.973. The fourth-order valence-corrected chi connectivity index (χ4v) is 3.12. The van der Waals surface area contributed by atoms with Gasteiger partial charge >= 0.3 is 5.56 Å². The molecule has 0 atom stereocenters. The van der Waals surface area contributed by atoms with Crippen LogP contribution in [0, 0.1) is 0 Å². The molecule has 0 spiro atoms. The molecule has 0 aliphatic rings. The molecule has 0 saturated heterocycles. The van der Waals surface area contributed by atoms with Crippen molar-refractivity contribution in [3.8, 4) is 0 Å². The van der Waals surface area contributed by atoms with E-state index in [-0.39, 0.29) is 5.82 Å². The third kappa shape index (κ3) is 4.45. The number of nitrogens with zero attached hydrogens (tertiary/aromatic N) is 3. The van der Waals surface area contributed by atoms with Gasteiger partial charge in [-0.15, -0.1) is 10.2 Å². The van der Waals surface area contributed by atoms with E-state index in [1.165, 1.54) is 11.8 Å². The minimum Gasteiger partial charge on any atom is -0.334 e. The fourth-order valence-electron chi connectivity index (χ4n) is 1.99. The second-order valence-electron chi connectivity index (χ2n) is 5.06. The number of nitrogens with one attached hydrogen (secondary N) is 1. The van der Waals surface area contributed by atoms with Gasteiger partial charge in [0.25, 0.3) is 0 Å². The van der Waals surface area contributed by atoms with Crippen molar-refractivity contribution in [3.05, 3.63) is 74.5 Å². The molecule has 2 aromatic carbocycles. The minimum atomic E-state index is -0.478. The monoisotopic (exact) mass is 393 g/mol. The lowest BCUT2D eigenvalue weighted by Crippen LogP contribution is -2.32. The Labute approximate surface area is 157 Å². The molecule has 3 rings (SSSR count). The van der Waals surface area contributed by atoms with Gasteiger partial charge in [0.05, 0.1) is 0 Å². The number of nitrogens with two attached hydrogens (primary N) is 1. The second kappa shape index (κ2) is 7.77. The number of anilines is 2. The highest BCUT2D eigenvalue weighted by Gasteiger charge is 2.11. The highest BCUT2D eigenvalue weighted by atomic mass is 35.5. The van der Waals surface area contributed by atoms with Gasteiger partial charge in [0.2, 0.25) is 11.0 Å². The van der Waals surface area contributed by atoms with Crippen LogP contribution in [0.15, 0.2) is 58.5 Å². The quantitative estimate of drug-likeness (QED) is 0.507. The maximum atomic E-state index is 12.3. The number of nitrogen functional groups attached to an aromatic ring is 1. The summed E-state index contributed by atoms with van der Waals surface area (Å²) in [6.45, 7) is 0. The Morgan fingerprint density at radius 1 is 1.08 bits per heavy atom. The van der Waals surface area contributed by atoms with Crippen molar-refractivity contribution in [3.63, 3.8) is 0 Å². The van der Waals surface area contributed by atoms with Crippen molar-refractivity contribution in [2.24, 2.45) is 0 Å². The smallest absolute Gasteiger partial charge is 0.315 e. The molecule has 3 aromatic rings. The van der Waals surface area contributed by atoms with Crippen molar-refractivity contribution >= 4 is 46.5 Å². The van der Waals surface area contributed by atoms with E-state index in [2.05, 4.69) is 15.5 Å². The summed E-state index contributed by atoms with van der Waals surface area (Å²) >= 11 is 13.1. The van der Waals surface area contributed by atoms with Crippen molar-refractivity contribution in [2.75, 3.05) is 11.2 Å². The normalized spacial score (nSPS) is 10.6. The molecular formula is C16H13Cl2N5OS. The minimum absolute atomic E-state index is 0.0283. The van der Waals surface area contributed by atoms with E-state index in [4.69, 9.17) is 29.0 Å². The summed E-state index contributed by atoms with van der Waals surface area (Å²) in [5.41, 5.74) is 1.18. The van der Waals surface area contributed by atoms with Gasteiger partial charge in [0, 0.05) is 21.5 Å². The van der Waals surface area contributed by atoms with Crippen molar-refractivity contribution in [1.29, 1.82) is 0 Å². The number of halogens is 2. The van der Waals surface area contributed by atoms with E-state index in [0.29, 0.717) is 26.6 Å². The van der Waals surface area contributed by atoms with Gasteiger partial charge in [0.15, 0.2) is 0 Å². The highest BCUT2D eigenvalue weighted by Crippen LogP contribution is 2.21. The number of hydrogen-bond acceptors (Lipinski definition) is 6. The van der Waals surface area contributed by atoms with E-state index in [1.807, 2.05) is 12.1 Å². The molecule has 1 heterocycles. The fraction of sp³-hybridized carbons (Fsp3) is 0.0625. The first kappa shape index (κ1) is 17.6. The summed E-state index contributed by atoms with van der Waals surface area (Å²) in [6.07, 6.45) is 0. The lowest BCUT2D eigenvalue weighted by molar-refractivity contribution is 0.705. The molecule has 0 radical (unpaired) electrons. The van der Waals surface area contributed by atoms with Crippen LogP contribution in [0.2, 0.25) is 10.0 Å². The topological polar surface area (TPSA) is 85.8 Å².